The summed E-state index contributed by atoms with van der Waals surface area (Å²) in [6, 6.07) is 16.3. The van der Waals surface area contributed by atoms with E-state index in [2.05, 4.69) is 56.5 Å². The number of aromatic nitrogens is 3. The van der Waals surface area contributed by atoms with Crippen molar-refractivity contribution in [2.24, 2.45) is 5.10 Å². The van der Waals surface area contributed by atoms with E-state index in [0.29, 0.717) is 5.39 Å². The van der Waals surface area contributed by atoms with E-state index in [1.54, 1.807) is 4.68 Å². The third kappa shape index (κ3) is 4.24. The second-order valence-corrected chi connectivity index (χ2v) is 9.78. The van der Waals surface area contributed by atoms with Gasteiger partial charge in [0.05, 0.1) is 22.8 Å². The molecule has 1 fully saturated rings. The summed E-state index contributed by atoms with van der Waals surface area (Å²) < 4.78 is 3.88. The second-order valence-electron chi connectivity index (χ2n) is 9.78. The van der Waals surface area contributed by atoms with Crippen molar-refractivity contribution in [3.8, 4) is 5.69 Å². The molecule has 1 aliphatic carbocycles. The van der Waals surface area contributed by atoms with Crippen LogP contribution >= 0.6 is 0 Å². The normalized spacial score (nSPS) is 14.9. The van der Waals surface area contributed by atoms with Gasteiger partial charge in [-0.25, -0.2) is 4.98 Å². The molecule has 0 spiro atoms. The summed E-state index contributed by atoms with van der Waals surface area (Å²) in [6.07, 6.45) is 8.53. The van der Waals surface area contributed by atoms with Gasteiger partial charge in [0.15, 0.2) is 0 Å². The standard InChI is InChI=1S/C30H34N4O/c1-5-23-15-11-12-20(2)28(23)33-21(3)18-25(22(33)4)19-31-34-29(24-13-7-6-8-14-24)32-27-17-10-9-16-26(27)30(34)35/h9-12,15-19,24H,5-8,13-14H2,1-4H3. The fourth-order valence-corrected chi connectivity index (χ4v) is 5.58. The molecule has 0 N–H and O–H groups in total. The highest BCUT2D eigenvalue weighted by molar-refractivity contribution is 5.83. The minimum Gasteiger partial charge on any atom is -0.317 e. The van der Waals surface area contributed by atoms with E-state index < -0.39 is 0 Å². The molecule has 5 heteroatoms. The minimum absolute atomic E-state index is 0.0894. The Morgan fingerprint density at radius 3 is 2.57 bits per heavy atom. The Balaban J connectivity index is 1.63. The Labute approximate surface area is 207 Å². The average Bonchev–Trinajstić information content (AvgIpc) is 3.16. The van der Waals surface area contributed by atoms with Crippen LogP contribution in [0.15, 0.2) is 58.4 Å². The highest BCUT2D eigenvalue weighted by Crippen LogP contribution is 2.32. The molecule has 2 heterocycles. The smallest absolute Gasteiger partial charge is 0.282 e. The predicted octanol–water partition coefficient (Wildman–Crippen LogP) is 6.60. The molecule has 2 aromatic heterocycles. The van der Waals surface area contributed by atoms with E-state index in [9.17, 15) is 4.79 Å². The molecule has 0 saturated heterocycles. The molecule has 2 aromatic carbocycles. The number of benzene rings is 2. The van der Waals surface area contributed by atoms with Gasteiger partial charge in [-0.15, -0.1) is 0 Å². The van der Waals surface area contributed by atoms with Crippen LogP contribution in [0, 0.1) is 20.8 Å². The lowest BCUT2D eigenvalue weighted by Crippen LogP contribution is -2.25. The molecule has 4 aromatic rings. The Bertz CT molecular complexity index is 1470. The van der Waals surface area contributed by atoms with Gasteiger partial charge < -0.3 is 4.57 Å². The van der Waals surface area contributed by atoms with E-state index in [1.165, 1.54) is 36.1 Å². The van der Waals surface area contributed by atoms with Crippen molar-refractivity contribution < 1.29 is 0 Å². The molecular formula is C30H34N4O. The summed E-state index contributed by atoms with van der Waals surface area (Å²) in [7, 11) is 0. The van der Waals surface area contributed by atoms with E-state index >= 15 is 0 Å². The van der Waals surface area contributed by atoms with Gasteiger partial charge in [-0.1, -0.05) is 56.5 Å². The minimum atomic E-state index is -0.0894. The monoisotopic (exact) mass is 466 g/mol. The van der Waals surface area contributed by atoms with Crippen molar-refractivity contribution in [1.29, 1.82) is 0 Å². The topological polar surface area (TPSA) is 52.2 Å². The van der Waals surface area contributed by atoms with E-state index in [4.69, 9.17) is 10.1 Å². The van der Waals surface area contributed by atoms with Crippen molar-refractivity contribution >= 4 is 17.1 Å². The van der Waals surface area contributed by atoms with Crippen LogP contribution in [0.25, 0.3) is 16.6 Å². The molecule has 0 radical (unpaired) electrons. The first kappa shape index (κ1) is 23.3. The quantitative estimate of drug-likeness (QED) is 0.311. The third-order valence-electron chi connectivity index (χ3n) is 7.46. The molecule has 5 nitrogen and oxygen atoms in total. The van der Waals surface area contributed by atoms with Gasteiger partial charge in [0.2, 0.25) is 0 Å². The molecule has 1 saturated carbocycles. The van der Waals surface area contributed by atoms with E-state index in [1.807, 2.05) is 30.5 Å². The van der Waals surface area contributed by atoms with Gasteiger partial charge in [0.25, 0.3) is 5.56 Å². The van der Waals surface area contributed by atoms with Gasteiger partial charge >= 0.3 is 0 Å². The highest BCUT2D eigenvalue weighted by atomic mass is 16.1. The van der Waals surface area contributed by atoms with Crippen LogP contribution in [0.3, 0.4) is 0 Å². The number of para-hydroxylation sites is 2. The fraction of sp³-hybridized carbons (Fsp3) is 0.367. The van der Waals surface area contributed by atoms with Crippen LogP contribution in [0.1, 0.15) is 78.8 Å². The van der Waals surface area contributed by atoms with Crippen molar-refractivity contribution in [3.05, 3.63) is 92.8 Å². The number of hydrogen-bond acceptors (Lipinski definition) is 3. The van der Waals surface area contributed by atoms with Crippen molar-refractivity contribution in [1.82, 2.24) is 14.2 Å². The highest BCUT2D eigenvalue weighted by Gasteiger charge is 2.22. The maximum absolute atomic E-state index is 13.5. The summed E-state index contributed by atoms with van der Waals surface area (Å²) in [5.41, 5.74) is 7.79. The molecular weight excluding hydrogens is 432 g/mol. The van der Waals surface area contributed by atoms with Crippen LogP contribution in [0.4, 0.5) is 0 Å². The van der Waals surface area contributed by atoms with Crippen molar-refractivity contribution in [2.45, 2.75) is 72.1 Å². The number of fused-ring (bicyclic) bond motifs is 1. The largest absolute Gasteiger partial charge is 0.317 e. The zero-order valence-corrected chi connectivity index (χ0v) is 21.2. The maximum atomic E-state index is 13.5. The van der Waals surface area contributed by atoms with Crippen LogP contribution in [-0.4, -0.2) is 20.4 Å². The summed E-state index contributed by atoms with van der Waals surface area (Å²) >= 11 is 0. The number of rotatable bonds is 5. The maximum Gasteiger partial charge on any atom is 0.282 e. The Hall–Kier alpha value is -3.47. The third-order valence-corrected chi connectivity index (χ3v) is 7.46. The first-order valence-corrected chi connectivity index (χ1v) is 12.8. The lowest BCUT2D eigenvalue weighted by atomic mass is 9.88. The number of aryl methyl sites for hydroxylation is 3. The van der Waals surface area contributed by atoms with E-state index in [0.717, 1.165) is 47.6 Å². The molecule has 1 aliphatic rings. The van der Waals surface area contributed by atoms with Gasteiger partial charge in [0.1, 0.15) is 5.82 Å². The molecule has 0 atom stereocenters. The molecule has 0 unspecified atom stereocenters. The molecule has 0 aliphatic heterocycles. The lowest BCUT2D eigenvalue weighted by molar-refractivity contribution is 0.416. The fourth-order valence-electron chi connectivity index (χ4n) is 5.58. The van der Waals surface area contributed by atoms with Gasteiger partial charge in [0, 0.05) is 22.9 Å². The lowest BCUT2D eigenvalue weighted by Gasteiger charge is -2.22. The van der Waals surface area contributed by atoms with Gasteiger partial charge in [-0.2, -0.15) is 9.78 Å². The summed E-state index contributed by atoms with van der Waals surface area (Å²) in [5.74, 6) is 1.07. The van der Waals surface area contributed by atoms with Crippen molar-refractivity contribution in [2.75, 3.05) is 0 Å². The molecule has 35 heavy (non-hydrogen) atoms. The predicted molar refractivity (Wildman–Crippen MR) is 144 cm³/mol. The molecule has 0 bridgehead atoms. The zero-order chi connectivity index (χ0) is 24.5. The Morgan fingerprint density at radius 2 is 1.80 bits per heavy atom. The summed E-state index contributed by atoms with van der Waals surface area (Å²) in [4.78, 5) is 18.5. The molecule has 5 rings (SSSR count). The SMILES string of the molecule is CCc1cccc(C)c1-n1c(C)cc(C=Nn2c(C3CCCCC3)nc3ccccc3c2=O)c1C. The second kappa shape index (κ2) is 9.65. The number of nitrogens with zero attached hydrogens (tertiary/aromatic N) is 4. The van der Waals surface area contributed by atoms with Crippen LogP contribution in [0.2, 0.25) is 0 Å². The van der Waals surface area contributed by atoms with Crippen LogP contribution in [0.5, 0.6) is 0 Å². The van der Waals surface area contributed by atoms with Gasteiger partial charge in [-0.05, 0) is 69.4 Å². The number of hydrogen-bond donors (Lipinski definition) is 0. The first-order valence-electron chi connectivity index (χ1n) is 12.8. The van der Waals surface area contributed by atoms with Crippen molar-refractivity contribution in [3.63, 3.8) is 0 Å². The summed E-state index contributed by atoms with van der Waals surface area (Å²) in [6.45, 7) is 8.62. The Kier molecular flexibility index (Phi) is 6.42. The summed E-state index contributed by atoms with van der Waals surface area (Å²) in [5, 5.41) is 5.39. The molecule has 180 valence electrons. The van der Waals surface area contributed by atoms with Crippen LogP contribution < -0.4 is 5.56 Å². The van der Waals surface area contributed by atoms with Gasteiger partial charge in [-0.3, -0.25) is 4.79 Å². The Morgan fingerprint density at radius 1 is 1.03 bits per heavy atom. The zero-order valence-electron chi connectivity index (χ0n) is 21.2. The average molecular weight is 467 g/mol. The molecule has 0 amide bonds. The first-order chi connectivity index (χ1) is 17.0. The van der Waals surface area contributed by atoms with E-state index in [-0.39, 0.29) is 11.5 Å². The van der Waals surface area contributed by atoms with Crippen LogP contribution in [-0.2, 0) is 6.42 Å².